The van der Waals surface area contributed by atoms with Crippen LogP contribution in [0.25, 0.3) is 0 Å². The second kappa shape index (κ2) is 12.2. The van der Waals surface area contributed by atoms with E-state index in [0.29, 0.717) is 19.5 Å². The van der Waals surface area contributed by atoms with Crippen molar-refractivity contribution in [3.05, 3.63) is 59.9 Å². The summed E-state index contributed by atoms with van der Waals surface area (Å²) in [6, 6.07) is 11.5. The zero-order chi connectivity index (χ0) is 22.8. The van der Waals surface area contributed by atoms with Crippen LogP contribution in [0.3, 0.4) is 0 Å². The number of piperazine rings is 1. The highest BCUT2D eigenvalue weighted by molar-refractivity contribution is 6.35. The van der Waals surface area contributed by atoms with Crippen molar-refractivity contribution in [3.63, 3.8) is 0 Å². The van der Waals surface area contributed by atoms with Crippen LogP contribution in [-0.2, 0) is 16.0 Å². The minimum atomic E-state index is -0.624. The first-order valence-electron chi connectivity index (χ1n) is 11.2. The summed E-state index contributed by atoms with van der Waals surface area (Å²) in [7, 11) is 1.62. The van der Waals surface area contributed by atoms with E-state index in [0.717, 1.165) is 49.6 Å². The van der Waals surface area contributed by atoms with Crippen LogP contribution in [0.15, 0.2) is 48.8 Å². The molecule has 8 nitrogen and oxygen atoms in total. The van der Waals surface area contributed by atoms with Gasteiger partial charge in [0.05, 0.1) is 13.2 Å². The number of nitrogens with zero attached hydrogens (tertiary/aromatic N) is 3. The van der Waals surface area contributed by atoms with E-state index < -0.39 is 11.8 Å². The summed E-state index contributed by atoms with van der Waals surface area (Å²) >= 11 is 0. The first kappa shape index (κ1) is 23.7. The molecule has 0 spiro atoms. The summed E-state index contributed by atoms with van der Waals surface area (Å²) in [6.07, 6.45) is 4.16. The Morgan fingerprint density at radius 1 is 1.06 bits per heavy atom. The summed E-state index contributed by atoms with van der Waals surface area (Å²) in [4.78, 5) is 33.7. The van der Waals surface area contributed by atoms with Crippen molar-refractivity contribution in [1.82, 2.24) is 25.4 Å². The molecule has 0 radical (unpaired) electrons. The van der Waals surface area contributed by atoms with Gasteiger partial charge in [-0.3, -0.25) is 19.5 Å². The van der Waals surface area contributed by atoms with Crippen molar-refractivity contribution in [2.75, 3.05) is 52.9 Å². The van der Waals surface area contributed by atoms with Crippen molar-refractivity contribution in [2.45, 2.75) is 19.4 Å². The van der Waals surface area contributed by atoms with Gasteiger partial charge in [0.1, 0.15) is 5.75 Å². The summed E-state index contributed by atoms with van der Waals surface area (Å²) in [5, 5.41) is 5.52. The second-order valence-electron chi connectivity index (χ2n) is 7.80. The predicted octanol–water partition coefficient (Wildman–Crippen LogP) is 1.24. The summed E-state index contributed by atoms with van der Waals surface area (Å²) < 4.78 is 5.32. The Labute approximate surface area is 190 Å². The van der Waals surface area contributed by atoms with Gasteiger partial charge in [-0.15, -0.1) is 0 Å². The zero-order valence-electron chi connectivity index (χ0n) is 18.9. The van der Waals surface area contributed by atoms with Gasteiger partial charge in [-0.2, -0.15) is 0 Å². The Kier molecular flexibility index (Phi) is 9.01. The molecule has 1 fully saturated rings. The SMILES string of the molecule is CCN1CCN(C(CNC(=O)C(=O)NCCc2ccccc2OC)c2cccnc2)CC1. The molecule has 8 heteroatoms. The van der Waals surface area contributed by atoms with Crippen LogP contribution >= 0.6 is 0 Å². The maximum Gasteiger partial charge on any atom is 0.309 e. The second-order valence-corrected chi connectivity index (χ2v) is 7.80. The van der Waals surface area contributed by atoms with Crippen LogP contribution in [0.1, 0.15) is 24.1 Å². The average Bonchev–Trinajstić information content (AvgIpc) is 2.85. The van der Waals surface area contributed by atoms with E-state index in [2.05, 4.69) is 32.3 Å². The molecular formula is C24H33N5O3. The predicted molar refractivity (Wildman–Crippen MR) is 123 cm³/mol. The molecule has 172 valence electrons. The molecule has 0 aliphatic carbocycles. The standard InChI is InChI=1S/C24H33N5O3/c1-3-28-13-15-29(16-14-28)21(20-8-6-11-25-17-20)18-27-24(31)23(30)26-12-10-19-7-4-5-9-22(19)32-2/h4-9,11,17,21H,3,10,12-16,18H2,1-2H3,(H,26,30)(H,27,31). The van der Waals surface area contributed by atoms with Crippen LogP contribution in [-0.4, -0.2) is 79.5 Å². The van der Waals surface area contributed by atoms with Crippen LogP contribution in [0, 0.1) is 0 Å². The third kappa shape index (κ3) is 6.51. The number of rotatable bonds is 9. The van der Waals surface area contributed by atoms with Gasteiger partial charge in [0.15, 0.2) is 0 Å². The van der Waals surface area contributed by atoms with E-state index >= 15 is 0 Å². The topological polar surface area (TPSA) is 86.8 Å². The number of para-hydroxylation sites is 1. The number of amides is 2. The first-order chi connectivity index (χ1) is 15.6. The fraction of sp³-hybridized carbons (Fsp3) is 0.458. The lowest BCUT2D eigenvalue weighted by Crippen LogP contribution is -2.50. The molecule has 1 aliphatic heterocycles. The molecule has 1 aliphatic rings. The van der Waals surface area contributed by atoms with E-state index in [9.17, 15) is 9.59 Å². The van der Waals surface area contributed by atoms with E-state index in [1.165, 1.54) is 0 Å². The molecule has 1 unspecified atom stereocenters. The number of nitrogens with one attached hydrogen (secondary N) is 2. The minimum Gasteiger partial charge on any atom is -0.496 e. The molecule has 1 atom stereocenters. The molecule has 2 amide bonds. The summed E-state index contributed by atoms with van der Waals surface area (Å²) in [5.74, 6) is -0.472. The molecule has 1 aromatic carbocycles. The monoisotopic (exact) mass is 439 g/mol. The van der Waals surface area contributed by atoms with Crippen molar-refractivity contribution in [2.24, 2.45) is 0 Å². The Bertz CT molecular complexity index is 869. The fourth-order valence-electron chi connectivity index (χ4n) is 3.99. The van der Waals surface area contributed by atoms with Crippen LogP contribution < -0.4 is 15.4 Å². The quantitative estimate of drug-likeness (QED) is 0.572. The maximum atomic E-state index is 12.4. The summed E-state index contributed by atoms with van der Waals surface area (Å²) in [5.41, 5.74) is 2.02. The molecule has 2 heterocycles. The van der Waals surface area contributed by atoms with Crippen molar-refractivity contribution in [1.29, 1.82) is 0 Å². The van der Waals surface area contributed by atoms with Crippen LogP contribution in [0.2, 0.25) is 0 Å². The van der Waals surface area contributed by atoms with Crippen LogP contribution in [0.5, 0.6) is 5.75 Å². The molecule has 1 saturated heterocycles. The molecule has 1 aromatic heterocycles. The van der Waals surface area contributed by atoms with Gasteiger partial charge in [-0.05, 0) is 36.2 Å². The fourth-order valence-corrected chi connectivity index (χ4v) is 3.99. The molecule has 32 heavy (non-hydrogen) atoms. The van der Waals surface area contributed by atoms with Gasteiger partial charge < -0.3 is 20.3 Å². The van der Waals surface area contributed by atoms with Gasteiger partial charge in [-0.1, -0.05) is 31.2 Å². The van der Waals surface area contributed by atoms with Gasteiger partial charge in [0.25, 0.3) is 0 Å². The van der Waals surface area contributed by atoms with E-state index in [1.807, 2.05) is 42.6 Å². The molecule has 3 rings (SSSR count). The smallest absolute Gasteiger partial charge is 0.309 e. The normalized spacial score (nSPS) is 15.7. The Morgan fingerprint density at radius 2 is 1.81 bits per heavy atom. The van der Waals surface area contributed by atoms with Crippen LogP contribution in [0.4, 0.5) is 0 Å². The van der Waals surface area contributed by atoms with E-state index in [1.54, 1.807) is 13.3 Å². The molecule has 0 bridgehead atoms. The Morgan fingerprint density at radius 3 is 2.50 bits per heavy atom. The maximum absolute atomic E-state index is 12.4. The largest absolute Gasteiger partial charge is 0.496 e. The number of hydrogen-bond donors (Lipinski definition) is 2. The van der Waals surface area contributed by atoms with Crippen molar-refractivity contribution in [3.8, 4) is 5.75 Å². The average molecular weight is 440 g/mol. The number of aromatic nitrogens is 1. The van der Waals surface area contributed by atoms with E-state index in [-0.39, 0.29) is 6.04 Å². The lowest BCUT2D eigenvalue weighted by atomic mass is 10.1. The Hall–Kier alpha value is -2.97. The number of methoxy groups -OCH3 is 1. The molecule has 0 saturated carbocycles. The first-order valence-corrected chi connectivity index (χ1v) is 11.2. The number of benzene rings is 1. The lowest BCUT2D eigenvalue weighted by Gasteiger charge is -2.39. The molecule has 2 N–H and O–H groups in total. The highest BCUT2D eigenvalue weighted by Crippen LogP contribution is 2.21. The molecule has 2 aromatic rings. The number of carbonyl (C=O) groups excluding carboxylic acids is 2. The number of ether oxygens (including phenoxy) is 1. The number of carbonyl (C=O) groups is 2. The third-order valence-electron chi connectivity index (χ3n) is 5.90. The van der Waals surface area contributed by atoms with E-state index in [4.69, 9.17) is 4.74 Å². The van der Waals surface area contributed by atoms with Gasteiger partial charge in [0, 0.05) is 51.7 Å². The van der Waals surface area contributed by atoms with Crippen molar-refractivity contribution < 1.29 is 14.3 Å². The van der Waals surface area contributed by atoms with Gasteiger partial charge in [-0.25, -0.2) is 0 Å². The third-order valence-corrected chi connectivity index (χ3v) is 5.90. The van der Waals surface area contributed by atoms with Gasteiger partial charge in [0.2, 0.25) is 0 Å². The lowest BCUT2D eigenvalue weighted by molar-refractivity contribution is -0.139. The summed E-state index contributed by atoms with van der Waals surface area (Å²) in [6.45, 7) is 7.73. The highest BCUT2D eigenvalue weighted by Gasteiger charge is 2.26. The van der Waals surface area contributed by atoms with Gasteiger partial charge >= 0.3 is 11.8 Å². The number of likely N-dealkylation sites (N-methyl/N-ethyl adjacent to an activating group) is 1. The zero-order valence-corrected chi connectivity index (χ0v) is 18.9. The minimum absolute atomic E-state index is 0.0203. The number of hydrogen-bond acceptors (Lipinski definition) is 6. The Balaban J connectivity index is 1.52. The van der Waals surface area contributed by atoms with Crippen molar-refractivity contribution >= 4 is 11.8 Å². The highest BCUT2D eigenvalue weighted by atomic mass is 16.5. The number of pyridine rings is 1. The molecular weight excluding hydrogens is 406 g/mol.